The summed E-state index contributed by atoms with van der Waals surface area (Å²) in [5.41, 5.74) is 2.22. The van der Waals surface area contributed by atoms with Crippen molar-refractivity contribution in [1.82, 2.24) is 0 Å². The van der Waals surface area contributed by atoms with Gasteiger partial charge in [0.15, 0.2) is 0 Å². The second-order valence-corrected chi connectivity index (χ2v) is 5.94. The van der Waals surface area contributed by atoms with Gasteiger partial charge >= 0.3 is 0 Å². The predicted molar refractivity (Wildman–Crippen MR) is 87.1 cm³/mol. The molecule has 2 aromatic rings. The monoisotopic (exact) mass is 399 g/mol. The quantitative estimate of drug-likeness (QED) is 0.552. The minimum absolute atomic E-state index is 0.250. The molecule has 0 bridgehead atoms. The van der Waals surface area contributed by atoms with E-state index in [2.05, 4.69) is 5.32 Å². The van der Waals surface area contributed by atoms with Crippen LogP contribution >= 0.6 is 34.2 Å². The Labute approximate surface area is 133 Å². The fourth-order valence-corrected chi connectivity index (χ4v) is 2.79. The summed E-state index contributed by atoms with van der Waals surface area (Å²) in [4.78, 5) is 12.0. The van der Waals surface area contributed by atoms with Crippen LogP contribution in [0.15, 0.2) is 36.4 Å². The molecule has 0 fully saturated rings. The summed E-state index contributed by atoms with van der Waals surface area (Å²) in [6.07, 6.45) is 1.56. The highest BCUT2D eigenvalue weighted by molar-refractivity contribution is 14.1. The molecule has 3 rings (SSSR count). The number of amides is 1. The summed E-state index contributed by atoms with van der Waals surface area (Å²) in [6, 6.07) is 10.2. The van der Waals surface area contributed by atoms with Gasteiger partial charge in [0.2, 0.25) is 0 Å². The largest absolute Gasteiger partial charge is 0.321 e. The summed E-state index contributed by atoms with van der Waals surface area (Å²) in [6.45, 7) is 0. The Kier molecular flexibility index (Phi) is 3.52. The summed E-state index contributed by atoms with van der Waals surface area (Å²) in [5.74, 6) is -0.573. The molecule has 1 aliphatic rings. The zero-order valence-corrected chi connectivity index (χ0v) is 13.0. The van der Waals surface area contributed by atoms with Gasteiger partial charge in [-0.2, -0.15) is 0 Å². The molecule has 1 amide bonds. The maximum Gasteiger partial charge on any atom is 0.256 e. The number of anilines is 1. The Morgan fingerprint density at radius 2 is 2.05 bits per heavy atom. The van der Waals surface area contributed by atoms with Gasteiger partial charge in [0, 0.05) is 25.3 Å². The molecule has 20 heavy (non-hydrogen) atoms. The fraction of sp³-hybridized carbons (Fsp3) is 0. The highest BCUT2D eigenvalue weighted by Gasteiger charge is 2.24. The van der Waals surface area contributed by atoms with Crippen LogP contribution in [0.4, 0.5) is 10.1 Å². The zero-order valence-electron chi connectivity index (χ0n) is 10.1. The summed E-state index contributed by atoms with van der Waals surface area (Å²) < 4.78 is 14.5. The SMILES string of the molecule is O=C1Nc2cc(Cl)ccc2/C1=C\c1cccc(I)c1F. The predicted octanol–water partition coefficient (Wildman–Crippen LogP) is 4.58. The van der Waals surface area contributed by atoms with E-state index < -0.39 is 0 Å². The summed E-state index contributed by atoms with van der Waals surface area (Å²) in [5, 5.41) is 3.27. The van der Waals surface area contributed by atoms with Gasteiger partial charge < -0.3 is 5.32 Å². The Bertz CT molecular complexity index is 758. The first-order chi connectivity index (χ1) is 9.56. The van der Waals surface area contributed by atoms with E-state index in [1.54, 1.807) is 42.5 Å². The van der Waals surface area contributed by atoms with Gasteiger partial charge in [-0.15, -0.1) is 0 Å². The van der Waals surface area contributed by atoms with Crippen LogP contribution in [0.25, 0.3) is 11.6 Å². The first-order valence-electron chi connectivity index (χ1n) is 5.83. The van der Waals surface area contributed by atoms with E-state index in [-0.39, 0.29) is 11.7 Å². The highest BCUT2D eigenvalue weighted by Crippen LogP contribution is 2.35. The lowest BCUT2D eigenvalue weighted by molar-refractivity contribution is -0.110. The van der Waals surface area contributed by atoms with E-state index in [0.717, 1.165) is 5.56 Å². The van der Waals surface area contributed by atoms with Gasteiger partial charge in [0.1, 0.15) is 5.82 Å². The smallest absolute Gasteiger partial charge is 0.256 e. The van der Waals surface area contributed by atoms with Gasteiger partial charge in [0.25, 0.3) is 5.91 Å². The van der Waals surface area contributed by atoms with E-state index in [9.17, 15) is 9.18 Å². The molecule has 0 spiro atoms. The van der Waals surface area contributed by atoms with Crippen molar-refractivity contribution < 1.29 is 9.18 Å². The lowest BCUT2D eigenvalue weighted by atomic mass is 10.0. The number of halogens is 3. The van der Waals surface area contributed by atoms with Crippen molar-refractivity contribution in [2.75, 3.05) is 5.32 Å². The number of hydrogen-bond donors (Lipinski definition) is 1. The first-order valence-corrected chi connectivity index (χ1v) is 7.29. The summed E-state index contributed by atoms with van der Waals surface area (Å²) >= 11 is 7.82. The van der Waals surface area contributed by atoms with Crippen LogP contribution in [0.5, 0.6) is 0 Å². The first kappa shape index (κ1) is 13.6. The van der Waals surface area contributed by atoms with Crippen molar-refractivity contribution in [3.05, 3.63) is 61.9 Å². The molecule has 0 saturated carbocycles. The zero-order chi connectivity index (χ0) is 14.3. The second-order valence-electron chi connectivity index (χ2n) is 4.35. The molecular formula is C15H8ClFINO. The van der Waals surface area contributed by atoms with Crippen LogP contribution in [0.3, 0.4) is 0 Å². The van der Waals surface area contributed by atoms with Gasteiger partial charge in [-0.25, -0.2) is 4.39 Å². The molecule has 2 aromatic carbocycles. The fourth-order valence-electron chi connectivity index (χ4n) is 2.10. The van der Waals surface area contributed by atoms with Crippen molar-refractivity contribution >= 4 is 57.4 Å². The van der Waals surface area contributed by atoms with Crippen molar-refractivity contribution in [2.24, 2.45) is 0 Å². The molecule has 1 heterocycles. The number of hydrogen-bond acceptors (Lipinski definition) is 1. The molecule has 0 radical (unpaired) electrons. The minimum Gasteiger partial charge on any atom is -0.321 e. The molecule has 0 aromatic heterocycles. The van der Waals surface area contributed by atoms with E-state index in [1.807, 2.05) is 22.6 Å². The standard InChI is InChI=1S/C15H8ClFINO/c16-9-4-5-10-11(15(20)19-13(10)7-9)6-8-2-1-3-12(18)14(8)17/h1-7H,(H,19,20)/b11-6+. The van der Waals surface area contributed by atoms with Gasteiger partial charge in [-0.05, 0) is 46.9 Å². The lowest BCUT2D eigenvalue weighted by Gasteiger charge is -2.02. The Morgan fingerprint density at radius 3 is 2.85 bits per heavy atom. The molecule has 0 aliphatic carbocycles. The van der Waals surface area contributed by atoms with Gasteiger partial charge in [0.05, 0.1) is 5.69 Å². The Hall–Kier alpha value is -1.40. The van der Waals surface area contributed by atoms with E-state index in [1.165, 1.54) is 0 Å². The third-order valence-corrected chi connectivity index (χ3v) is 4.11. The molecule has 0 atom stereocenters. The van der Waals surface area contributed by atoms with Crippen molar-refractivity contribution in [3.8, 4) is 0 Å². The van der Waals surface area contributed by atoms with Crippen molar-refractivity contribution in [3.63, 3.8) is 0 Å². The average Bonchev–Trinajstić information content (AvgIpc) is 2.70. The number of benzene rings is 2. The highest BCUT2D eigenvalue weighted by atomic mass is 127. The molecule has 1 aliphatic heterocycles. The van der Waals surface area contributed by atoms with Crippen LogP contribution in [-0.4, -0.2) is 5.91 Å². The molecule has 1 N–H and O–H groups in total. The van der Waals surface area contributed by atoms with Crippen LogP contribution in [0.1, 0.15) is 11.1 Å². The number of carbonyl (C=O) groups excluding carboxylic acids is 1. The average molecular weight is 400 g/mol. The normalized spacial score (nSPS) is 15.3. The molecule has 0 unspecified atom stereocenters. The molecule has 5 heteroatoms. The van der Waals surface area contributed by atoms with E-state index in [0.29, 0.717) is 25.4 Å². The number of rotatable bonds is 1. The van der Waals surface area contributed by atoms with Crippen LogP contribution in [0, 0.1) is 9.39 Å². The molecular weight excluding hydrogens is 392 g/mol. The van der Waals surface area contributed by atoms with Crippen LogP contribution in [0.2, 0.25) is 5.02 Å². The van der Waals surface area contributed by atoms with Crippen LogP contribution < -0.4 is 5.32 Å². The Morgan fingerprint density at radius 1 is 1.25 bits per heavy atom. The third-order valence-electron chi connectivity index (χ3n) is 3.05. The minimum atomic E-state index is -0.323. The van der Waals surface area contributed by atoms with Crippen molar-refractivity contribution in [2.45, 2.75) is 0 Å². The van der Waals surface area contributed by atoms with Crippen LogP contribution in [-0.2, 0) is 4.79 Å². The molecule has 0 saturated heterocycles. The van der Waals surface area contributed by atoms with Crippen molar-refractivity contribution in [1.29, 1.82) is 0 Å². The lowest BCUT2D eigenvalue weighted by Crippen LogP contribution is -2.03. The van der Waals surface area contributed by atoms with E-state index in [4.69, 9.17) is 11.6 Å². The number of nitrogens with one attached hydrogen (secondary N) is 1. The van der Waals surface area contributed by atoms with E-state index >= 15 is 0 Å². The maximum atomic E-state index is 14.0. The molecule has 100 valence electrons. The second kappa shape index (κ2) is 5.18. The topological polar surface area (TPSA) is 29.1 Å². The number of carbonyl (C=O) groups is 1. The van der Waals surface area contributed by atoms with Gasteiger partial charge in [-0.3, -0.25) is 4.79 Å². The summed E-state index contributed by atoms with van der Waals surface area (Å²) in [7, 11) is 0. The molecule has 2 nitrogen and oxygen atoms in total. The number of fused-ring (bicyclic) bond motifs is 1. The maximum absolute atomic E-state index is 14.0. The third kappa shape index (κ3) is 2.33. The Balaban J connectivity index is 2.14. The van der Waals surface area contributed by atoms with Gasteiger partial charge in [-0.1, -0.05) is 29.8 Å².